The van der Waals surface area contributed by atoms with E-state index in [4.69, 9.17) is 4.74 Å². The maximum Gasteiger partial charge on any atom is 0.223 e. The summed E-state index contributed by atoms with van der Waals surface area (Å²) in [5.74, 6) is 0.747. The Hall–Kier alpha value is -2.56. The van der Waals surface area contributed by atoms with Gasteiger partial charge in [-0.05, 0) is 59.2 Å². The fraction of sp³-hybridized carbons (Fsp3) is 0.158. The van der Waals surface area contributed by atoms with Crippen LogP contribution in [0.3, 0.4) is 0 Å². The Morgan fingerprint density at radius 2 is 1.39 bits per heavy atom. The van der Waals surface area contributed by atoms with Crippen molar-refractivity contribution in [2.75, 3.05) is 0 Å². The smallest absolute Gasteiger partial charge is 0.223 e. The lowest BCUT2D eigenvalue weighted by Crippen LogP contribution is -2.28. The minimum absolute atomic E-state index is 0.244. The summed E-state index contributed by atoms with van der Waals surface area (Å²) in [4.78, 5) is 0. The maximum atomic E-state index is 9.57. The number of phenols is 1. The second kappa shape index (κ2) is 6.28. The van der Waals surface area contributed by atoms with Crippen LogP contribution >= 0.6 is 0 Å². The summed E-state index contributed by atoms with van der Waals surface area (Å²) in [5.41, 5.74) is 2.07. The average molecular weight is 310 g/mol. The van der Waals surface area contributed by atoms with Crippen LogP contribution < -0.4 is 4.74 Å². The molecule has 0 saturated carbocycles. The molecule has 4 heteroatoms. The molecule has 0 fully saturated rings. The summed E-state index contributed by atoms with van der Waals surface area (Å²) in [6.07, 6.45) is -2.20. The number of aliphatic hydroxyl groups excluding tert-OH is 2. The molecule has 2 atom stereocenters. The SMILES string of the molecule is CC(O)C(O)Oc1ccc2cc(-c3ccc(O)cc3)ccc2c1. The fourth-order valence-electron chi connectivity index (χ4n) is 2.37. The van der Waals surface area contributed by atoms with Gasteiger partial charge in [-0.25, -0.2) is 0 Å². The summed E-state index contributed by atoms with van der Waals surface area (Å²) in [5, 5.41) is 30.2. The number of ether oxygens (including phenoxy) is 1. The Bertz CT molecular complexity index is 809. The van der Waals surface area contributed by atoms with Gasteiger partial charge < -0.3 is 20.1 Å². The lowest BCUT2D eigenvalue weighted by atomic mass is 10.0. The summed E-state index contributed by atoms with van der Waals surface area (Å²) >= 11 is 0. The van der Waals surface area contributed by atoms with Gasteiger partial charge in [0.1, 0.15) is 17.6 Å². The van der Waals surface area contributed by atoms with Gasteiger partial charge in [0, 0.05) is 0 Å². The van der Waals surface area contributed by atoms with Crippen molar-refractivity contribution in [3.63, 3.8) is 0 Å². The highest BCUT2D eigenvalue weighted by atomic mass is 16.6. The van der Waals surface area contributed by atoms with E-state index in [0.717, 1.165) is 21.9 Å². The Morgan fingerprint density at radius 3 is 2.09 bits per heavy atom. The van der Waals surface area contributed by atoms with Crippen LogP contribution in [-0.4, -0.2) is 27.7 Å². The van der Waals surface area contributed by atoms with Crippen LogP contribution in [0.2, 0.25) is 0 Å². The van der Waals surface area contributed by atoms with E-state index < -0.39 is 12.4 Å². The number of aliphatic hydroxyl groups is 2. The second-order valence-corrected chi connectivity index (χ2v) is 5.52. The average Bonchev–Trinajstić information content (AvgIpc) is 2.55. The molecule has 23 heavy (non-hydrogen) atoms. The van der Waals surface area contributed by atoms with Gasteiger partial charge in [0.15, 0.2) is 0 Å². The van der Waals surface area contributed by atoms with E-state index >= 15 is 0 Å². The molecule has 0 heterocycles. The quantitative estimate of drug-likeness (QED) is 0.647. The highest BCUT2D eigenvalue weighted by Gasteiger charge is 2.12. The van der Waals surface area contributed by atoms with Crippen LogP contribution in [0.1, 0.15) is 6.92 Å². The van der Waals surface area contributed by atoms with Crippen LogP contribution in [0, 0.1) is 0 Å². The number of rotatable bonds is 4. The van der Waals surface area contributed by atoms with Gasteiger partial charge in [-0.15, -0.1) is 0 Å². The first-order valence-electron chi connectivity index (χ1n) is 7.39. The molecule has 4 nitrogen and oxygen atoms in total. The van der Waals surface area contributed by atoms with E-state index in [1.807, 2.05) is 36.4 Å². The predicted molar refractivity (Wildman–Crippen MR) is 89.4 cm³/mol. The predicted octanol–water partition coefficient (Wildman–Crippen LogP) is 3.29. The van der Waals surface area contributed by atoms with Crippen molar-refractivity contribution in [1.29, 1.82) is 0 Å². The third kappa shape index (κ3) is 3.44. The lowest BCUT2D eigenvalue weighted by Gasteiger charge is -2.16. The highest BCUT2D eigenvalue weighted by molar-refractivity contribution is 5.88. The van der Waals surface area contributed by atoms with Gasteiger partial charge in [0.05, 0.1) is 0 Å². The minimum atomic E-state index is -1.25. The second-order valence-electron chi connectivity index (χ2n) is 5.52. The summed E-state index contributed by atoms with van der Waals surface area (Å²) < 4.78 is 5.29. The first-order valence-corrected chi connectivity index (χ1v) is 7.39. The molecule has 0 spiro atoms. The normalized spacial score (nSPS) is 13.7. The van der Waals surface area contributed by atoms with Crippen molar-refractivity contribution >= 4 is 10.8 Å². The van der Waals surface area contributed by atoms with E-state index in [2.05, 4.69) is 6.07 Å². The zero-order valence-corrected chi connectivity index (χ0v) is 12.7. The molecule has 0 aromatic heterocycles. The number of hydrogen-bond donors (Lipinski definition) is 3. The third-order valence-corrected chi connectivity index (χ3v) is 3.68. The van der Waals surface area contributed by atoms with Gasteiger partial charge in [-0.1, -0.05) is 30.3 Å². The van der Waals surface area contributed by atoms with E-state index in [-0.39, 0.29) is 5.75 Å². The minimum Gasteiger partial charge on any atom is -0.508 e. The van der Waals surface area contributed by atoms with Gasteiger partial charge in [-0.2, -0.15) is 0 Å². The first kappa shape index (κ1) is 15.3. The van der Waals surface area contributed by atoms with Gasteiger partial charge in [0.2, 0.25) is 6.29 Å². The zero-order valence-electron chi connectivity index (χ0n) is 12.7. The molecule has 0 aliphatic heterocycles. The monoisotopic (exact) mass is 310 g/mol. The van der Waals surface area contributed by atoms with Crippen LogP contribution in [-0.2, 0) is 0 Å². The topological polar surface area (TPSA) is 69.9 Å². The summed E-state index contributed by atoms with van der Waals surface area (Å²) in [7, 11) is 0. The molecule has 3 rings (SSSR count). The lowest BCUT2D eigenvalue weighted by molar-refractivity contribution is -0.0958. The Morgan fingerprint density at radius 1 is 0.783 bits per heavy atom. The van der Waals surface area contributed by atoms with Crippen molar-refractivity contribution < 1.29 is 20.1 Å². The van der Waals surface area contributed by atoms with Crippen LogP contribution in [0.15, 0.2) is 60.7 Å². The fourth-order valence-corrected chi connectivity index (χ4v) is 2.37. The molecular weight excluding hydrogens is 292 g/mol. The van der Waals surface area contributed by atoms with Crippen molar-refractivity contribution in [1.82, 2.24) is 0 Å². The summed E-state index contributed by atoms with van der Waals surface area (Å²) in [6, 6.07) is 18.6. The van der Waals surface area contributed by atoms with Crippen molar-refractivity contribution in [2.45, 2.75) is 19.3 Å². The molecule has 0 aliphatic rings. The molecule has 3 N–H and O–H groups in total. The molecular formula is C19H18O4. The van der Waals surface area contributed by atoms with E-state index in [9.17, 15) is 15.3 Å². The number of phenolic OH excluding ortho intramolecular Hbond substituents is 1. The molecule has 0 aliphatic carbocycles. The molecule has 0 amide bonds. The third-order valence-electron chi connectivity index (χ3n) is 3.68. The largest absolute Gasteiger partial charge is 0.508 e. The molecule has 0 bridgehead atoms. The van der Waals surface area contributed by atoms with Crippen LogP contribution in [0.4, 0.5) is 0 Å². The Kier molecular flexibility index (Phi) is 4.19. The van der Waals surface area contributed by atoms with Gasteiger partial charge >= 0.3 is 0 Å². The van der Waals surface area contributed by atoms with E-state index in [0.29, 0.717) is 5.75 Å². The molecule has 0 saturated heterocycles. The summed E-state index contributed by atoms with van der Waals surface area (Å²) in [6.45, 7) is 1.47. The van der Waals surface area contributed by atoms with Gasteiger partial charge in [-0.3, -0.25) is 0 Å². The molecule has 3 aromatic rings. The number of benzene rings is 3. The molecule has 118 valence electrons. The Balaban J connectivity index is 1.91. The number of hydrogen-bond acceptors (Lipinski definition) is 4. The number of aromatic hydroxyl groups is 1. The highest BCUT2D eigenvalue weighted by Crippen LogP contribution is 2.28. The standard InChI is InChI=1S/C19H18O4/c1-12(20)19(22)23-18-9-6-15-10-14(2-3-16(15)11-18)13-4-7-17(21)8-5-13/h2-12,19-22H,1H3. The van der Waals surface area contributed by atoms with Gasteiger partial charge in [0.25, 0.3) is 0 Å². The molecule has 3 aromatic carbocycles. The Labute approximate surface area is 134 Å². The molecule has 2 unspecified atom stereocenters. The van der Waals surface area contributed by atoms with Crippen molar-refractivity contribution in [3.05, 3.63) is 60.7 Å². The van der Waals surface area contributed by atoms with Crippen LogP contribution in [0.5, 0.6) is 11.5 Å². The number of fused-ring (bicyclic) bond motifs is 1. The molecule has 0 radical (unpaired) electrons. The maximum absolute atomic E-state index is 9.57. The van der Waals surface area contributed by atoms with Crippen molar-refractivity contribution in [2.24, 2.45) is 0 Å². The first-order chi connectivity index (χ1) is 11.0. The zero-order chi connectivity index (χ0) is 16.4. The van der Waals surface area contributed by atoms with E-state index in [1.165, 1.54) is 6.92 Å². The van der Waals surface area contributed by atoms with Crippen molar-refractivity contribution in [3.8, 4) is 22.6 Å². The van der Waals surface area contributed by atoms with E-state index in [1.54, 1.807) is 18.2 Å². The van der Waals surface area contributed by atoms with Crippen LogP contribution in [0.25, 0.3) is 21.9 Å².